The van der Waals surface area contributed by atoms with Crippen molar-refractivity contribution >= 4 is 43.6 Å². The van der Waals surface area contributed by atoms with E-state index in [1.54, 1.807) is 0 Å². The molecule has 0 aliphatic heterocycles. The van der Waals surface area contributed by atoms with Gasteiger partial charge in [0.25, 0.3) is 0 Å². The largest absolute Gasteiger partial charge is 0.309 e. The molecule has 0 bridgehead atoms. The van der Waals surface area contributed by atoms with E-state index in [4.69, 9.17) is 15.0 Å². The summed E-state index contributed by atoms with van der Waals surface area (Å²) in [6.07, 6.45) is 0. The van der Waals surface area contributed by atoms with Crippen molar-refractivity contribution in [2.75, 3.05) is 0 Å². The summed E-state index contributed by atoms with van der Waals surface area (Å²) in [7, 11) is 0. The molecule has 5 heteroatoms. The number of fused-ring (bicyclic) bond motifs is 9. The molecule has 0 atom stereocenters. The summed E-state index contributed by atoms with van der Waals surface area (Å²) >= 11 is 0. The first-order chi connectivity index (χ1) is 32.0. The van der Waals surface area contributed by atoms with Crippen molar-refractivity contribution in [2.24, 2.45) is 0 Å². The van der Waals surface area contributed by atoms with Gasteiger partial charge in [0.15, 0.2) is 17.5 Å². The summed E-state index contributed by atoms with van der Waals surface area (Å²) in [5, 5.41) is 4.81. The summed E-state index contributed by atoms with van der Waals surface area (Å²) < 4.78 is 4.82. The Morgan fingerprint density at radius 2 is 0.862 bits per heavy atom. The van der Waals surface area contributed by atoms with Crippen molar-refractivity contribution in [3.63, 3.8) is 0 Å². The smallest absolute Gasteiger partial charge is 0.166 e. The molecule has 0 fully saturated rings. The fourth-order valence-corrected chi connectivity index (χ4v) is 10.6. The lowest BCUT2D eigenvalue weighted by atomic mass is 9.80. The van der Waals surface area contributed by atoms with E-state index in [0.717, 1.165) is 39.1 Å². The Hall–Kier alpha value is -8.41. The van der Waals surface area contributed by atoms with E-state index in [0.29, 0.717) is 17.5 Å². The number of nitrogens with zero attached hydrogens (tertiary/aromatic N) is 5. The highest BCUT2D eigenvalue weighted by atomic mass is 15.1. The summed E-state index contributed by atoms with van der Waals surface area (Å²) in [6, 6.07) is 76.0. The van der Waals surface area contributed by atoms with Gasteiger partial charge in [-0.2, -0.15) is 0 Å². The molecule has 12 aromatic rings. The van der Waals surface area contributed by atoms with Gasteiger partial charge in [-0.15, -0.1) is 0 Å². The summed E-state index contributed by atoms with van der Waals surface area (Å²) in [5.41, 5.74) is 16.7. The molecule has 0 N–H and O–H groups in total. The fraction of sp³-hybridized carbons (Fsp3) is 0.0500. The number of rotatable bonds is 6. The van der Waals surface area contributed by atoms with E-state index in [-0.39, 0.29) is 5.41 Å². The molecule has 306 valence electrons. The third-order valence-electron chi connectivity index (χ3n) is 13.6. The Balaban J connectivity index is 1.05. The zero-order chi connectivity index (χ0) is 43.2. The van der Waals surface area contributed by atoms with Crippen molar-refractivity contribution in [2.45, 2.75) is 19.3 Å². The topological polar surface area (TPSA) is 48.5 Å². The van der Waals surface area contributed by atoms with Crippen LogP contribution in [0.25, 0.3) is 111 Å². The van der Waals surface area contributed by atoms with Crippen molar-refractivity contribution in [1.29, 1.82) is 0 Å². The Labute approximate surface area is 376 Å². The maximum atomic E-state index is 5.46. The van der Waals surface area contributed by atoms with E-state index in [1.807, 2.05) is 18.2 Å². The number of hydrogen-bond acceptors (Lipinski definition) is 3. The van der Waals surface area contributed by atoms with Crippen LogP contribution in [0.1, 0.15) is 25.0 Å². The van der Waals surface area contributed by atoms with Crippen LogP contribution in [0, 0.1) is 0 Å². The summed E-state index contributed by atoms with van der Waals surface area (Å²) in [5.74, 6) is 1.91. The second kappa shape index (κ2) is 14.3. The highest BCUT2D eigenvalue weighted by molar-refractivity contribution is 6.12. The average molecular weight is 832 g/mol. The summed E-state index contributed by atoms with van der Waals surface area (Å²) in [6.45, 7) is 4.63. The molecule has 65 heavy (non-hydrogen) atoms. The molecule has 0 amide bonds. The van der Waals surface area contributed by atoms with E-state index in [1.165, 1.54) is 66.0 Å². The number of hydrogen-bond donors (Lipinski definition) is 0. The maximum Gasteiger partial charge on any atom is 0.166 e. The monoisotopic (exact) mass is 831 g/mol. The zero-order valence-corrected chi connectivity index (χ0v) is 35.9. The lowest BCUT2D eigenvalue weighted by molar-refractivity contribution is 0.661. The molecule has 5 nitrogen and oxygen atoms in total. The van der Waals surface area contributed by atoms with E-state index in [9.17, 15) is 0 Å². The number of aromatic nitrogens is 5. The van der Waals surface area contributed by atoms with Crippen molar-refractivity contribution in [3.05, 3.63) is 223 Å². The highest BCUT2D eigenvalue weighted by Crippen LogP contribution is 2.52. The van der Waals surface area contributed by atoms with Crippen LogP contribution < -0.4 is 0 Å². The SMILES string of the molecule is CC1(C)c2ccccc2-c2cccc(-c3nc(-c4ccccc4)nc(-c4ccccc4-n4c5ccccc5c5ccc(-n6c7ccccc7c7ccc(-c8ccccc8)cc76)cc54)n3)c21. The van der Waals surface area contributed by atoms with Crippen LogP contribution in [-0.2, 0) is 5.41 Å². The van der Waals surface area contributed by atoms with Gasteiger partial charge in [0.05, 0.1) is 27.8 Å². The Kier molecular flexibility index (Phi) is 8.18. The molecular formula is C60H41N5. The lowest BCUT2D eigenvalue weighted by Gasteiger charge is -2.24. The summed E-state index contributed by atoms with van der Waals surface area (Å²) in [4.78, 5) is 16.1. The van der Waals surface area contributed by atoms with Crippen LogP contribution in [-0.4, -0.2) is 24.1 Å². The van der Waals surface area contributed by atoms with E-state index >= 15 is 0 Å². The van der Waals surface area contributed by atoms with Crippen LogP contribution in [0.4, 0.5) is 0 Å². The van der Waals surface area contributed by atoms with Crippen molar-refractivity contribution in [3.8, 4) is 67.8 Å². The predicted octanol–water partition coefficient (Wildman–Crippen LogP) is 15.0. The Bertz CT molecular complexity index is 3860. The van der Waals surface area contributed by atoms with Crippen LogP contribution in [0.5, 0.6) is 0 Å². The van der Waals surface area contributed by atoms with Crippen LogP contribution in [0.3, 0.4) is 0 Å². The second-order valence-corrected chi connectivity index (χ2v) is 17.6. The van der Waals surface area contributed by atoms with E-state index < -0.39 is 0 Å². The molecule has 1 aliphatic carbocycles. The van der Waals surface area contributed by atoms with Crippen LogP contribution >= 0.6 is 0 Å². The minimum absolute atomic E-state index is 0.250. The molecule has 0 radical (unpaired) electrons. The standard InChI is InChI=1S/C60H41N5/c1-60(2)50-28-13-9-22-42(50)47-26-17-27-49(56(47)60)59-62-57(39-20-7-4-8-21-39)61-58(63-59)48-25-12-16-31-53(48)65-52-30-15-11-24-44(52)46-35-33-41(37-55(46)65)64-51-29-14-10-23-43(51)45-34-32-40(36-54(45)64)38-18-5-3-6-19-38/h3-37H,1-2H3. The van der Waals surface area contributed by atoms with Gasteiger partial charge in [0, 0.05) is 49.3 Å². The van der Waals surface area contributed by atoms with Gasteiger partial charge in [-0.3, -0.25) is 0 Å². The molecule has 13 rings (SSSR count). The zero-order valence-electron chi connectivity index (χ0n) is 35.9. The third kappa shape index (κ3) is 5.68. The van der Waals surface area contributed by atoms with Gasteiger partial charge in [-0.05, 0) is 75.8 Å². The maximum absolute atomic E-state index is 5.46. The van der Waals surface area contributed by atoms with Gasteiger partial charge < -0.3 is 9.13 Å². The van der Waals surface area contributed by atoms with Crippen LogP contribution in [0.2, 0.25) is 0 Å². The van der Waals surface area contributed by atoms with Gasteiger partial charge in [-0.1, -0.05) is 184 Å². The number of para-hydroxylation sites is 3. The fourth-order valence-electron chi connectivity index (χ4n) is 10.6. The van der Waals surface area contributed by atoms with Gasteiger partial charge in [0.2, 0.25) is 0 Å². The lowest BCUT2D eigenvalue weighted by Crippen LogP contribution is -2.17. The van der Waals surface area contributed by atoms with Crippen molar-refractivity contribution in [1.82, 2.24) is 24.1 Å². The predicted molar refractivity (Wildman–Crippen MR) is 268 cm³/mol. The first kappa shape index (κ1) is 37.2. The highest BCUT2D eigenvalue weighted by Gasteiger charge is 2.38. The van der Waals surface area contributed by atoms with Crippen molar-refractivity contribution < 1.29 is 0 Å². The molecule has 9 aromatic carbocycles. The Morgan fingerprint density at radius 1 is 0.338 bits per heavy atom. The minimum atomic E-state index is -0.250. The molecule has 0 saturated heterocycles. The average Bonchev–Trinajstić information content (AvgIpc) is 3.96. The quantitative estimate of drug-likeness (QED) is 0.168. The Morgan fingerprint density at radius 3 is 1.62 bits per heavy atom. The van der Waals surface area contributed by atoms with Gasteiger partial charge in [-0.25, -0.2) is 15.0 Å². The first-order valence-electron chi connectivity index (χ1n) is 22.3. The molecule has 0 saturated carbocycles. The van der Waals surface area contributed by atoms with E-state index in [2.05, 4.69) is 217 Å². The molecule has 1 aliphatic rings. The van der Waals surface area contributed by atoms with Gasteiger partial charge >= 0.3 is 0 Å². The molecule has 3 heterocycles. The molecular weight excluding hydrogens is 791 g/mol. The van der Waals surface area contributed by atoms with Gasteiger partial charge in [0.1, 0.15) is 0 Å². The normalized spacial score (nSPS) is 12.9. The molecule has 0 unspecified atom stereocenters. The third-order valence-corrected chi connectivity index (χ3v) is 13.6. The van der Waals surface area contributed by atoms with Crippen LogP contribution in [0.15, 0.2) is 212 Å². The minimum Gasteiger partial charge on any atom is -0.309 e. The second-order valence-electron chi connectivity index (χ2n) is 17.6. The first-order valence-corrected chi connectivity index (χ1v) is 22.3. The molecule has 0 spiro atoms. The number of benzene rings is 9. The molecule has 3 aromatic heterocycles.